The van der Waals surface area contributed by atoms with Crippen LogP contribution >= 0.6 is 15.9 Å². The number of halogens is 1. The number of hydrogen-bond donors (Lipinski definition) is 2. The summed E-state index contributed by atoms with van der Waals surface area (Å²) in [5.41, 5.74) is 6.45. The summed E-state index contributed by atoms with van der Waals surface area (Å²) in [6, 6.07) is 7.63. The molecule has 1 fully saturated rings. The van der Waals surface area contributed by atoms with Crippen LogP contribution in [0.3, 0.4) is 0 Å². The van der Waals surface area contributed by atoms with Crippen LogP contribution in [0.4, 0.5) is 0 Å². The van der Waals surface area contributed by atoms with Gasteiger partial charge in [-0.05, 0) is 17.7 Å². The minimum Gasteiger partial charge on any atom is -0.409 e. The van der Waals surface area contributed by atoms with Crippen LogP contribution < -0.4 is 5.73 Å². The van der Waals surface area contributed by atoms with Gasteiger partial charge in [-0.3, -0.25) is 4.79 Å². The summed E-state index contributed by atoms with van der Waals surface area (Å²) < 4.78 is 6.31. The summed E-state index contributed by atoms with van der Waals surface area (Å²) >= 11 is 3.38. The lowest BCUT2D eigenvalue weighted by Crippen LogP contribution is -2.50. The SMILES string of the molecule is NC(=NO)C1CN(C(=O)Cc2cccc(Br)c2)CCO1. The second kappa shape index (κ2) is 6.71. The fourth-order valence-corrected chi connectivity index (χ4v) is 2.50. The average Bonchev–Trinajstić information content (AvgIpc) is 2.46. The van der Waals surface area contributed by atoms with E-state index in [0.717, 1.165) is 10.0 Å². The van der Waals surface area contributed by atoms with Gasteiger partial charge in [-0.2, -0.15) is 0 Å². The molecule has 1 atom stereocenters. The number of carbonyl (C=O) groups excluding carboxylic acids is 1. The van der Waals surface area contributed by atoms with E-state index in [9.17, 15) is 4.79 Å². The Morgan fingerprint density at radius 3 is 3.10 bits per heavy atom. The van der Waals surface area contributed by atoms with Crippen LogP contribution in [-0.4, -0.2) is 47.7 Å². The normalized spacial score (nSPS) is 19.9. The van der Waals surface area contributed by atoms with E-state index < -0.39 is 6.10 Å². The summed E-state index contributed by atoms with van der Waals surface area (Å²) in [7, 11) is 0. The quantitative estimate of drug-likeness (QED) is 0.371. The highest BCUT2D eigenvalue weighted by molar-refractivity contribution is 9.10. The number of rotatable bonds is 3. The van der Waals surface area contributed by atoms with E-state index in [-0.39, 0.29) is 11.7 Å². The molecule has 0 spiro atoms. The van der Waals surface area contributed by atoms with Gasteiger partial charge in [-0.1, -0.05) is 33.2 Å². The van der Waals surface area contributed by atoms with E-state index in [4.69, 9.17) is 15.7 Å². The van der Waals surface area contributed by atoms with Gasteiger partial charge in [0.25, 0.3) is 0 Å². The zero-order chi connectivity index (χ0) is 14.5. The zero-order valence-electron chi connectivity index (χ0n) is 10.8. The minimum absolute atomic E-state index is 0.00198. The minimum atomic E-state index is -0.541. The highest BCUT2D eigenvalue weighted by atomic mass is 79.9. The molecule has 0 aliphatic carbocycles. The first-order valence-corrected chi connectivity index (χ1v) is 7.00. The van der Waals surface area contributed by atoms with Crippen molar-refractivity contribution in [2.75, 3.05) is 19.7 Å². The molecule has 7 heteroatoms. The van der Waals surface area contributed by atoms with E-state index >= 15 is 0 Å². The number of ether oxygens (including phenoxy) is 1. The second-order valence-electron chi connectivity index (χ2n) is 4.53. The van der Waals surface area contributed by atoms with Gasteiger partial charge in [0.15, 0.2) is 5.84 Å². The number of amidine groups is 1. The van der Waals surface area contributed by atoms with Gasteiger partial charge >= 0.3 is 0 Å². The second-order valence-corrected chi connectivity index (χ2v) is 5.45. The molecule has 1 unspecified atom stereocenters. The van der Waals surface area contributed by atoms with Crippen LogP contribution in [0.1, 0.15) is 5.56 Å². The van der Waals surface area contributed by atoms with Crippen LogP contribution in [0.5, 0.6) is 0 Å². The van der Waals surface area contributed by atoms with Crippen molar-refractivity contribution >= 4 is 27.7 Å². The third kappa shape index (κ3) is 3.71. The number of amides is 1. The molecule has 1 aliphatic rings. The molecule has 1 amide bonds. The predicted octanol–water partition coefficient (Wildman–Crippen LogP) is 0.965. The first-order chi connectivity index (χ1) is 9.60. The topological polar surface area (TPSA) is 88.2 Å². The fourth-order valence-electron chi connectivity index (χ4n) is 2.05. The van der Waals surface area contributed by atoms with Gasteiger partial charge in [0.05, 0.1) is 19.6 Å². The maximum atomic E-state index is 12.2. The van der Waals surface area contributed by atoms with Crippen molar-refractivity contribution in [3.63, 3.8) is 0 Å². The lowest BCUT2D eigenvalue weighted by molar-refractivity contribution is -0.135. The largest absolute Gasteiger partial charge is 0.409 e. The molecule has 1 saturated heterocycles. The Labute approximate surface area is 125 Å². The molecule has 20 heavy (non-hydrogen) atoms. The molecule has 0 bridgehead atoms. The van der Waals surface area contributed by atoms with Crippen molar-refractivity contribution in [2.45, 2.75) is 12.5 Å². The molecular weight excluding hydrogens is 326 g/mol. The molecule has 0 radical (unpaired) electrons. The van der Waals surface area contributed by atoms with Gasteiger partial charge in [0, 0.05) is 11.0 Å². The number of hydrogen-bond acceptors (Lipinski definition) is 4. The van der Waals surface area contributed by atoms with Gasteiger partial charge < -0.3 is 20.6 Å². The lowest BCUT2D eigenvalue weighted by Gasteiger charge is -2.32. The monoisotopic (exact) mass is 341 g/mol. The van der Waals surface area contributed by atoms with Crippen molar-refractivity contribution in [1.82, 2.24) is 4.90 Å². The molecule has 1 aromatic carbocycles. The standard InChI is InChI=1S/C13H16BrN3O3/c14-10-3-1-2-9(6-10)7-12(18)17-4-5-20-11(8-17)13(15)16-19/h1-3,6,11,19H,4-5,7-8H2,(H2,15,16). The van der Waals surface area contributed by atoms with Crippen molar-refractivity contribution in [3.8, 4) is 0 Å². The van der Waals surface area contributed by atoms with Crippen LogP contribution in [0.15, 0.2) is 33.9 Å². The highest BCUT2D eigenvalue weighted by Gasteiger charge is 2.26. The summed E-state index contributed by atoms with van der Waals surface area (Å²) in [6.07, 6.45) is -0.220. The molecule has 1 heterocycles. The van der Waals surface area contributed by atoms with Crippen molar-refractivity contribution in [3.05, 3.63) is 34.3 Å². The van der Waals surface area contributed by atoms with Crippen LogP contribution in [-0.2, 0) is 16.0 Å². The maximum Gasteiger partial charge on any atom is 0.227 e. The Hall–Kier alpha value is -1.60. The molecule has 0 aromatic heterocycles. The van der Waals surface area contributed by atoms with E-state index in [1.807, 2.05) is 24.3 Å². The molecule has 3 N–H and O–H groups in total. The Bertz CT molecular complexity index is 521. The third-order valence-electron chi connectivity index (χ3n) is 3.11. The summed E-state index contributed by atoms with van der Waals surface area (Å²) in [5, 5.41) is 11.6. The Morgan fingerprint density at radius 2 is 2.40 bits per heavy atom. The molecule has 1 aromatic rings. The first kappa shape index (κ1) is 14.8. The predicted molar refractivity (Wildman–Crippen MR) is 77.6 cm³/mol. The number of oxime groups is 1. The van der Waals surface area contributed by atoms with Crippen molar-refractivity contribution in [1.29, 1.82) is 0 Å². The fraction of sp³-hybridized carbons (Fsp3) is 0.385. The third-order valence-corrected chi connectivity index (χ3v) is 3.60. The Kier molecular flexibility index (Phi) is 4.97. The van der Waals surface area contributed by atoms with E-state index in [2.05, 4.69) is 21.1 Å². The highest BCUT2D eigenvalue weighted by Crippen LogP contribution is 2.14. The molecule has 2 rings (SSSR count). The van der Waals surface area contributed by atoms with Gasteiger partial charge in [-0.25, -0.2) is 0 Å². The van der Waals surface area contributed by atoms with Crippen molar-refractivity contribution < 1.29 is 14.7 Å². The van der Waals surface area contributed by atoms with Crippen LogP contribution in [0.25, 0.3) is 0 Å². The number of nitrogens with two attached hydrogens (primary N) is 1. The number of morpholine rings is 1. The van der Waals surface area contributed by atoms with Crippen LogP contribution in [0.2, 0.25) is 0 Å². The summed E-state index contributed by atoms with van der Waals surface area (Å²) in [5.74, 6) is -0.00732. The Morgan fingerprint density at radius 1 is 1.60 bits per heavy atom. The maximum absolute atomic E-state index is 12.2. The average molecular weight is 342 g/mol. The lowest BCUT2D eigenvalue weighted by atomic mass is 10.1. The van der Waals surface area contributed by atoms with E-state index in [1.165, 1.54) is 0 Å². The zero-order valence-corrected chi connectivity index (χ0v) is 12.4. The molecular formula is C13H16BrN3O3. The molecule has 0 saturated carbocycles. The smallest absolute Gasteiger partial charge is 0.227 e. The molecule has 6 nitrogen and oxygen atoms in total. The number of benzene rings is 1. The van der Waals surface area contributed by atoms with Gasteiger partial charge in [0.2, 0.25) is 5.91 Å². The molecule has 108 valence electrons. The summed E-state index contributed by atoms with van der Waals surface area (Å²) in [4.78, 5) is 13.9. The van der Waals surface area contributed by atoms with E-state index in [0.29, 0.717) is 26.1 Å². The molecule has 1 aliphatic heterocycles. The van der Waals surface area contributed by atoms with Gasteiger partial charge in [-0.15, -0.1) is 0 Å². The summed E-state index contributed by atoms with van der Waals surface area (Å²) in [6.45, 7) is 1.20. The first-order valence-electron chi connectivity index (χ1n) is 6.21. The van der Waals surface area contributed by atoms with Crippen LogP contribution in [0, 0.1) is 0 Å². The van der Waals surface area contributed by atoms with Crippen molar-refractivity contribution in [2.24, 2.45) is 10.9 Å². The number of nitrogens with zero attached hydrogens (tertiary/aromatic N) is 2. The number of carbonyl (C=O) groups is 1. The van der Waals surface area contributed by atoms with E-state index in [1.54, 1.807) is 4.90 Å². The van der Waals surface area contributed by atoms with Gasteiger partial charge in [0.1, 0.15) is 6.10 Å². The Balaban J connectivity index is 1.98.